The number of H-pyrrole nitrogens is 1. The van der Waals surface area contributed by atoms with E-state index in [1.165, 1.54) is 0 Å². The van der Waals surface area contributed by atoms with Crippen molar-refractivity contribution in [2.45, 2.75) is 38.8 Å². The number of aromatic amines is 1. The Labute approximate surface area is 214 Å². The van der Waals surface area contributed by atoms with E-state index in [0.29, 0.717) is 21.7 Å². The summed E-state index contributed by atoms with van der Waals surface area (Å²) in [5.74, 6) is 1.60. The molecule has 188 valence electrons. The molecule has 5 heterocycles. The molecule has 0 unspecified atom stereocenters. The molecule has 2 fully saturated rings. The van der Waals surface area contributed by atoms with Crippen molar-refractivity contribution in [3.05, 3.63) is 29.0 Å². The Kier molecular flexibility index (Phi) is 5.51. The molecule has 1 spiro atoms. The summed E-state index contributed by atoms with van der Waals surface area (Å²) in [6, 6.07) is 3.91. The van der Waals surface area contributed by atoms with Gasteiger partial charge in [-0.1, -0.05) is 11.6 Å². The van der Waals surface area contributed by atoms with Crippen LogP contribution in [-0.4, -0.2) is 76.1 Å². The number of nitrogens with zero attached hydrogens (tertiary/aromatic N) is 7. The maximum atomic E-state index is 6.84. The summed E-state index contributed by atoms with van der Waals surface area (Å²) in [6.07, 6.45) is 3.80. The van der Waals surface area contributed by atoms with Crippen LogP contribution in [0, 0.1) is 12.3 Å². The normalized spacial score (nSPS) is 21.7. The molecule has 3 N–H and O–H groups in total. The van der Waals surface area contributed by atoms with E-state index in [-0.39, 0.29) is 17.6 Å². The fourth-order valence-electron chi connectivity index (χ4n) is 5.48. The number of fused-ring (bicyclic) bond motifs is 2. The fraction of sp³-hybridized carbons (Fsp3) is 0.480. The Hall–Kier alpha value is -3.08. The molecule has 0 saturated carbocycles. The van der Waals surface area contributed by atoms with E-state index < -0.39 is 0 Å². The van der Waals surface area contributed by atoms with Crippen molar-refractivity contribution in [1.82, 2.24) is 30.1 Å². The quantitative estimate of drug-likeness (QED) is 0.430. The molecule has 2 aliphatic rings. The lowest BCUT2D eigenvalue weighted by atomic mass is 9.73. The van der Waals surface area contributed by atoms with Crippen molar-refractivity contribution in [3.8, 4) is 11.3 Å². The van der Waals surface area contributed by atoms with E-state index in [4.69, 9.17) is 37.0 Å². The molecular formula is C25H30ClN9O. The zero-order valence-corrected chi connectivity index (χ0v) is 21.7. The minimum absolute atomic E-state index is 0.0586. The number of hydrogen-bond acceptors (Lipinski definition) is 9. The highest BCUT2D eigenvalue weighted by Crippen LogP contribution is 2.42. The van der Waals surface area contributed by atoms with E-state index in [0.717, 1.165) is 66.6 Å². The third-order valence-corrected chi connectivity index (χ3v) is 8.19. The number of hydrogen-bond donors (Lipinski definition) is 2. The second kappa shape index (κ2) is 8.50. The van der Waals surface area contributed by atoms with Gasteiger partial charge in [-0.3, -0.25) is 10.1 Å². The highest BCUT2D eigenvalue weighted by atomic mass is 35.5. The zero-order valence-electron chi connectivity index (χ0n) is 20.9. The van der Waals surface area contributed by atoms with Crippen molar-refractivity contribution in [3.63, 3.8) is 0 Å². The Morgan fingerprint density at radius 1 is 1.17 bits per heavy atom. The topological polar surface area (TPSA) is 122 Å². The summed E-state index contributed by atoms with van der Waals surface area (Å²) in [4.78, 5) is 23.2. The van der Waals surface area contributed by atoms with Crippen molar-refractivity contribution in [1.29, 1.82) is 0 Å². The van der Waals surface area contributed by atoms with Crippen molar-refractivity contribution >= 4 is 45.4 Å². The number of halogens is 1. The lowest BCUT2D eigenvalue weighted by Gasteiger charge is -2.41. The SMILES string of the molecule is Cc1nc2c(-c3ccc4ncc(N(C)C)nc4c3Cl)[nH]nc2nc1N1CCC2(CC1)CO[C@@H](C)[C@H]2N. The molecule has 2 saturated heterocycles. The number of ether oxygens (including phenoxy) is 1. The van der Waals surface area contributed by atoms with Crippen LogP contribution in [-0.2, 0) is 4.74 Å². The summed E-state index contributed by atoms with van der Waals surface area (Å²) in [7, 11) is 3.84. The van der Waals surface area contributed by atoms with Crippen molar-refractivity contribution in [2.75, 3.05) is 43.6 Å². The van der Waals surface area contributed by atoms with E-state index in [9.17, 15) is 0 Å². The van der Waals surface area contributed by atoms with Gasteiger partial charge in [0.25, 0.3) is 0 Å². The van der Waals surface area contributed by atoms with Crippen LogP contribution in [0.15, 0.2) is 18.3 Å². The first kappa shape index (κ1) is 23.3. The Morgan fingerprint density at radius 2 is 1.94 bits per heavy atom. The van der Waals surface area contributed by atoms with Gasteiger partial charge in [0.05, 0.1) is 40.8 Å². The summed E-state index contributed by atoms with van der Waals surface area (Å²) in [6.45, 7) is 6.53. The van der Waals surface area contributed by atoms with Crippen LogP contribution in [0.4, 0.5) is 11.6 Å². The smallest absolute Gasteiger partial charge is 0.202 e. The number of piperidine rings is 1. The van der Waals surface area contributed by atoms with Gasteiger partial charge in [-0.2, -0.15) is 5.10 Å². The predicted molar refractivity (Wildman–Crippen MR) is 142 cm³/mol. The molecular weight excluding hydrogens is 478 g/mol. The molecule has 0 bridgehead atoms. The summed E-state index contributed by atoms with van der Waals surface area (Å²) >= 11 is 6.84. The van der Waals surface area contributed by atoms with E-state index >= 15 is 0 Å². The average Bonchev–Trinajstić information content (AvgIpc) is 3.40. The van der Waals surface area contributed by atoms with E-state index in [2.05, 4.69) is 27.0 Å². The molecule has 36 heavy (non-hydrogen) atoms. The third-order valence-electron chi connectivity index (χ3n) is 7.81. The van der Waals surface area contributed by atoms with Gasteiger partial charge >= 0.3 is 0 Å². The van der Waals surface area contributed by atoms with Crippen molar-refractivity contribution in [2.24, 2.45) is 11.1 Å². The number of nitrogens with two attached hydrogens (primary N) is 1. The van der Waals surface area contributed by atoms with Gasteiger partial charge in [0.1, 0.15) is 16.9 Å². The van der Waals surface area contributed by atoms with Gasteiger partial charge in [-0.25, -0.2) is 15.0 Å². The zero-order chi connectivity index (χ0) is 25.2. The second-order valence-electron chi connectivity index (χ2n) is 10.2. The van der Waals surface area contributed by atoms with Crippen LogP contribution >= 0.6 is 11.6 Å². The van der Waals surface area contributed by atoms with E-state index in [1.807, 2.05) is 38.1 Å². The number of nitrogens with one attached hydrogen (secondary N) is 1. The monoisotopic (exact) mass is 507 g/mol. The van der Waals surface area contributed by atoms with E-state index in [1.54, 1.807) is 6.20 Å². The fourth-order valence-corrected chi connectivity index (χ4v) is 5.77. The average molecular weight is 508 g/mol. The highest BCUT2D eigenvalue weighted by molar-refractivity contribution is 6.38. The molecule has 4 aromatic rings. The van der Waals surface area contributed by atoms with Crippen LogP contribution in [0.1, 0.15) is 25.5 Å². The van der Waals surface area contributed by atoms with Gasteiger partial charge < -0.3 is 20.3 Å². The minimum Gasteiger partial charge on any atom is -0.376 e. The number of aromatic nitrogens is 6. The number of benzene rings is 1. The summed E-state index contributed by atoms with van der Waals surface area (Å²) < 4.78 is 5.87. The van der Waals surface area contributed by atoms with Crippen LogP contribution in [0.5, 0.6) is 0 Å². The molecule has 0 radical (unpaired) electrons. The predicted octanol–water partition coefficient (Wildman–Crippen LogP) is 3.32. The lowest BCUT2D eigenvalue weighted by Crippen LogP contribution is -2.50. The first-order valence-electron chi connectivity index (χ1n) is 12.3. The maximum absolute atomic E-state index is 6.84. The first-order chi connectivity index (χ1) is 17.3. The first-order valence-corrected chi connectivity index (χ1v) is 12.6. The number of anilines is 2. The molecule has 0 aliphatic carbocycles. The Bertz CT molecular complexity index is 1460. The minimum atomic E-state index is 0.0586. The number of aryl methyl sites for hydroxylation is 1. The second-order valence-corrected chi connectivity index (χ2v) is 10.6. The summed E-state index contributed by atoms with van der Waals surface area (Å²) in [5, 5.41) is 8.10. The van der Waals surface area contributed by atoms with Gasteiger partial charge in [0, 0.05) is 44.2 Å². The van der Waals surface area contributed by atoms with Crippen LogP contribution in [0.25, 0.3) is 33.5 Å². The molecule has 6 rings (SSSR count). The standard InChI is InChI=1S/C25H30ClN9O/c1-13-24(35-9-7-25(8-10-35)12-36-14(2)22(25)27)31-23-21(29-13)19(32-33-23)15-5-6-16-20(18(15)26)30-17(11-28-16)34(3)4/h5-6,11,14,22H,7-10,12,27H2,1-4H3,(H,31,32,33)/t14-,22+/m0/s1. The van der Waals surface area contributed by atoms with Gasteiger partial charge in [0.15, 0.2) is 5.82 Å². The Balaban J connectivity index is 1.33. The molecule has 11 heteroatoms. The molecule has 10 nitrogen and oxygen atoms in total. The molecule has 2 aliphatic heterocycles. The van der Waals surface area contributed by atoms with Gasteiger partial charge in [-0.15, -0.1) is 0 Å². The molecule has 2 atom stereocenters. The number of rotatable bonds is 3. The molecule has 3 aromatic heterocycles. The molecule has 0 amide bonds. The Morgan fingerprint density at radius 3 is 2.64 bits per heavy atom. The maximum Gasteiger partial charge on any atom is 0.202 e. The van der Waals surface area contributed by atoms with Crippen molar-refractivity contribution < 1.29 is 4.74 Å². The third kappa shape index (κ3) is 3.58. The van der Waals surface area contributed by atoms with Gasteiger partial charge in [0.2, 0.25) is 5.65 Å². The lowest BCUT2D eigenvalue weighted by molar-refractivity contribution is 0.0974. The highest BCUT2D eigenvalue weighted by Gasteiger charge is 2.47. The molecule has 1 aromatic carbocycles. The summed E-state index contributed by atoms with van der Waals surface area (Å²) in [5.41, 5.74) is 11.5. The van der Waals surface area contributed by atoms with Crippen LogP contribution in [0.2, 0.25) is 5.02 Å². The largest absolute Gasteiger partial charge is 0.376 e. The van der Waals surface area contributed by atoms with Crippen LogP contribution in [0.3, 0.4) is 0 Å². The van der Waals surface area contributed by atoms with Gasteiger partial charge in [-0.05, 0) is 38.8 Å². The van der Waals surface area contributed by atoms with Crippen LogP contribution < -0.4 is 15.5 Å².